The SMILES string of the molecule is O=C1NCCc2c1cc(-c1ccncc1)n2CCC1CCCCC1. The van der Waals surface area contributed by atoms with Gasteiger partial charge in [0.25, 0.3) is 5.91 Å². The molecular weight excluding hydrogens is 298 g/mol. The van der Waals surface area contributed by atoms with Crippen LogP contribution in [0.1, 0.15) is 54.6 Å². The van der Waals surface area contributed by atoms with Gasteiger partial charge in [0.05, 0.1) is 5.56 Å². The van der Waals surface area contributed by atoms with Gasteiger partial charge in [-0.15, -0.1) is 0 Å². The van der Waals surface area contributed by atoms with Crippen LogP contribution in [0.5, 0.6) is 0 Å². The summed E-state index contributed by atoms with van der Waals surface area (Å²) in [5.74, 6) is 0.919. The number of amides is 1. The van der Waals surface area contributed by atoms with Crippen LogP contribution in [0.4, 0.5) is 0 Å². The van der Waals surface area contributed by atoms with Gasteiger partial charge in [-0.3, -0.25) is 9.78 Å². The first kappa shape index (κ1) is 15.4. The average molecular weight is 323 g/mol. The number of hydrogen-bond donors (Lipinski definition) is 1. The van der Waals surface area contributed by atoms with Crippen LogP contribution in [0.25, 0.3) is 11.3 Å². The standard InChI is InChI=1S/C20H25N3O/c24-20-17-14-19(16-6-10-21-11-7-16)23(18(17)8-12-22-20)13-9-15-4-2-1-3-5-15/h6-7,10-11,14-15H,1-5,8-9,12-13H2,(H,22,24). The van der Waals surface area contributed by atoms with Crippen LogP contribution in [-0.2, 0) is 13.0 Å². The van der Waals surface area contributed by atoms with E-state index < -0.39 is 0 Å². The third-order valence-electron chi connectivity index (χ3n) is 5.56. The fourth-order valence-electron chi connectivity index (χ4n) is 4.25. The second kappa shape index (κ2) is 6.80. The molecule has 4 rings (SSSR count). The molecule has 4 heteroatoms. The minimum atomic E-state index is 0.0722. The van der Waals surface area contributed by atoms with Crippen LogP contribution in [0.3, 0.4) is 0 Å². The van der Waals surface area contributed by atoms with Crippen molar-refractivity contribution in [1.29, 1.82) is 0 Å². The number of nitrogens with one attached hydrogen (secondary N) is 1. The normalized spacial score (nSPS) is 18.2. The Hall–Kier alpha value is -2.10. The van der Waals surface area contributed by atoms with Gasteiger partial charge in [0.15, 0.2) is 0 Å². The fourth-order valence-corrected chi connectivity index (χ4v) is 4.25. The van der Waals surface area contributed by atoms with Crippen LogP contribution in [-0.4, -0.2) is 22.0 Å². The number of hydrogen-bond acceptors (Lipinski definition) is 2. The van der Waals surface area contributed by atoms with Gasteiger partial charge < -0.3 is 9.88 Å². The summed E-state index contributed by atoms with van der Waals surface area (Å²) in [5.41, 5.74) is 4.38. The van der Waals surface area contributed by atoms with Crippen molar-refractivity contribution in [2.45, 2.75) is 51.5 Å². The van der Waals surface area contributed by atoms with E-state index >= 15 is 0 Å². The number of aromatic nitrogens is 2. The zero-order chi connectivity index (χ0) is 16.4. The molecule has 0 unspecified atom stereocenters. The largest absolute Gasteiger partial charge is 0.352 e. The Morgan fingerprint density at radius 2 is 1.96 bits per heavy atom. The molecule has 2 aliphatic rings. The van der Waals surface area contributed by atoms with Gasteiger partial charge in [0.1, 0.15) is 0 Å². The lowest BCUT2D eigenvalue weighted by Crippen LogP contribution is -2.32. The summed E-state index contributed by atoms with van der Waals surface area (Å²) in [6.45, 7) is 1.76. The molecule has 0 radical (unpaired) electrons. The molecular formula is C20H25N3O. The van der Waals surface area contributed by atoms with E-state index in [0.717, 1.165) is 42.2 Å². The Labute approximate surface area is 143 Å². The predicted molar refractivity (Wildman–Crippen MR) is 94.9 cm³/mol. The Balaban J connectivity index is 1.66. The Morgan fingerprint density at radius 3 is 2.75 bits per heavy atom. The number of nitrogens with zero attached hydrogens (tertiary/aromatic N) is 2. The highest BCUT2D eigenvalue weighted by Gasteiger charge is 2.24. The van der Waals surface area contributed by atoms with Gasteiger partial charge in [0.2, 0.25) is 0 Å². The molecule has 1 saturated carbocycles. The molecule has 24 heavy (non-hydrogen) atoms. The third kappa shape index (κ3) is 2.97. The zero-order valence-corrected chi connectivity index (χ0v) is 14.1. The maximum absolute atomic E-state index is 12.3. The number of carbonyl (C=O) groups is 1. The van der Waals surface area contributed by atoms with Crippen molar-refractivity contribution < 1.29 is 4.79 Å². The molecule has 3 heterocycles. The molecule has 2 aromatic heterocycles. The topological polar surface area (TPSA) is 46.9 Å². The first-order valence-electron chi connectivity index (χ1n) is 9.24. The summed E-state index contributed by atoms with van der Waals surface area (Å²) in [5, 5.41) is 2.97. The molecule has 4 nitrogen and oxygen atoms in total. The summed E-state index contributed by atoms with van der Waals surface area (Å²) in [6.07, 6.45) is 12.7. The summed E-state index contributed by atoms with van der Waals surface area (Å²) < 4.78 is 2.40. The van der Waals surface area contributed by atoms with Crippen molar-refractivity contribution in [3.05, 3.63) is 41.9 Å². The summed E-state index contributed by atoms with van der Waals surface area (Å²) in [4.78, 5) is 16.4. The molecule has 0 bridgehead atoms. The van der Waals surface area contributed by atoms with Gasteiger partial charge in [-0.1, -0.05) is 32.1 Å². The first-order valence-corrected chi connectivity index (χ1v) is 9.24. The van der Waals surface area contributed by atoms with Crippen LogP contribution in [0.2, 0.25) is 0 Å². The third-order valence-corrected chi connectivity index (χ3v) is 5.56. The van der Waals surface area contributed by atoms with Crippen LogP contribution in [0, 0.1) is 5.92 Å². The Bertz CT molecular complexity index is 714. The lowest BCUT2D eigenvalue weighted by Gasteiger charge is -2.24. The molecule has 0 aromatic carbocycles. The second-order valence-corrected chi connectivity index (χ2v) is 7.08. The predicted octanol–water partition coefficient (Wildman–Crippen LogP) is 3.81. The monoisotopic (exact) mass is 323 g/mol. The van der Waals surface area contributed by atoms with E-state index in [4.69, 9.17) is 0 Å². The summed E-state index contributed by atoms with van der Waals surface area (Å²) in [7, 11) is 0. The zero-order valence-electron chi connectivity index (χ0n) is 14.1. The van der Waals surface area contributed by atoms with Crippen LogP contribution >= 0.6 is 0 Å². The lowest BCUT2D eigenvalue weighted by atomic mass is 9.87. The number of carbonyl (C=O) groups excluding carboxylic acids is 1. The van der Waals surface area contributed by atoms with Gasteiger partial charge >= 0.3 is 0 Å². The van der Waals surface area contributed by atoms with Crippen molar-refractivity contribution in [3.63, 3.8) is 0 Å². The molecule has 1 aliphatic carbocycles. The Kier molecular flexibility index (Phi) is 4.37. The number of pyridine rings is 1. The fraction of sp³-hybridized carbons (Fsp3) is 0.500. The van der Waals surface area contributed by atoms with Crippen LogP contribution in [0.15, 0.2) is 30.6 Å². The molecule has 1 N–H and O–H groups in total. The van der Waals surface area contributed by atoms with Gasteiger partial charge in [-0.2, -0.15) is 0 Å². The average Bonchev–Trinajstić information content (AvgIpc) is 3.02. The maximum Gasteiger partial charge on any atom is 0.253 e. The van der Waals surface area contributed by atoms with E-state index in [1.54, 1.807) is 0 Å². The minimum Gasteiger partial charge on any atom is -0.352 e. The number of rotatable bonds is 4. The molecule has 0 atom stereocenters. The van der Waals surface area contributed by atoms with Crippen LogP contribution < -0.4 is 5.32 Å². The highest BCUT2D eigenvalue weighted by Crippen LogP contribution is 2.31. The van der Waals surface area contributed by atoms with E-state index in [1.807, 2.05) is 24.5 Å². The minimum absolute atomic E-state index is 0.0722. The first-order chi connectivity index (χ1) is 11.8. The van der Waals surface area contributed by atoms with Crippen molar-refractivity contribution in [1.82, 2.24) is 14.9 Å². The summed E-state index contributed by atoms with van der Waals surface area (Å²) >= 11 is 0. The maximum atomic E-state index is 12.3. The van der Waals surface area contributed by atoms with Crippen molar-refractivity contribution in [2.24, 2.45) is 5.92 Å². The quantitative estimate of drug-likeness (QED) is 0.930. The molecule has 1 aliphatic heterocycles. The molecule has 0 spiro atoms. The number of fused-ring (bicyclic) bond motifs is 1. The van der Waals surface area contributed by atoms with Gasteiger partial charge in [-0.05, 0) is 30.5 Å². The Morgan fingerprint density at radius 1 is 1.17 bits per heavy atom. The van der Waals surface area contributed by atoms with E-state index in [0.29, 0.717) is 0 Å². The molecule has 1 amide bonds. The van der Waals surface area contributed by atoms with E-state index in [9.17, 15) is 4.79 Å². The van der Waals surface area contributed by atoms with Crippen molar-refractivity contribution in [2.75, 3.05) is 6.54 Å². The van der Waals surface area contributed by atoms with Crippen molar-refractivity contribution >= 4 is 5.91 Å². The summed E-state index contributed by atoms with van der Waals surface area (Å²) in [6, 6.07) is 6.14. The highest BCUT2D eigenvalue weighted by atomic mass is 16.1. The van der Waals surface area contributed by atoms with E-state index in [-0.39, 0.29) is 5.91 Å². The van der Waals surface area contributed by atoms with E-state index in [2.05, 4.69) is 20.9 Å². The smallest absolute Gasteiger partial charge is 0.253 e. The second-order valence-electron chi connectivity index (χ2n) is 7.08. The molecule has 2 aromatic rings. The molecule has 0 saturated heterocycles. The van der Waals surface area contributed by atoms with Gasteiger partial charge in [-0.25, -0.2) is 0 Å². The van der Waals surface area contributed by atoms with Gasteiger partial charge in [0, 0.05) is 48.9 Å². The molecule has 126 valence electrons. The van der Waals surface area contributed by atoms with Crippen molar-refractivity contribution in [3.8, 4) is 11.3 Å². The molecule has 1 fully saturated rings. The van der Waals surface area contributed by atoms with E-state index in [1.165, 1.54) is 44.2 Å². The lowest BCUT2D eigenvalue weighted by molar-refractivity contribution is 0.0945. The highest BCUT2D eigenvalue weighted by molar-refractivity contribution is 5.98.